The number of rotatable bonds is 6. The summed E-state index contributed by atoms with van der Waals surface area (Å²) in [5.74, 6) is -0.804. The van der Waals surface area contributed by atoms with Crippen molar-refractivity contribution in [3.63, 3.8) is 0 Å². The van der Waals surface area contributed by atoms with Crippen LogP contribution in [0, 0.1) is 11.6 Å². The van der Waals surface area contributed by atoms with Gasteiger partial charge in [0.1, 0.15) is 17.4 Å². The van der Waals surface area contributed by atoms with Crippen molar-refractivity contribution in [3.05, 3.63) is 89.5 Å². The maximum Gasteiger partial charge on any atom is 0.324 e. The van der Waals surface area contributed by atoms with Gasteiger partial charge in [0.2, 0.25) is 0 Å². The Labute approximate surface area is 190 Å². The van der Waals surface area contributed by atoms with Gasteiger partial charge in [-0.3, -0.25) is 9.69 Å². The lowest BCUT2D eigenvalue weighted by Crippen LogP contribution is -2.49. The number of para-hydroxylation sites is 2. The molecule has 1 saturated heterocycles. The summed E-state index contributed by atoms with van der Waals surface area (Å²) < 4.78 is 32.8. The Hall–Kier alpha value is -3.94. The van der Waals surface area contributed by atoms with Gasteiger partial charge in [0.15, 0.2) is 0 Å². The van der Waals surface area contributed by atoms with Crippen molar-refractivity contribution in [2.24, 2.45) is 0 Å². The van der Waals surface area contributed by atoms with E-state index in [-0.39, 0.29) is 24.0 Å². The maximum absolute atomic E-state index is 14.1. The molecule has 3 amide bonds. The van der Waals surface area contributed by atoms with Gasteiger partial charge < -0.3 is 15.0 Å². The predicted octanol–water partition coefficient (Wildman–Crippen LogP) is 5.06. The van der Waals surface area contributed by atoms with E-state index in [1.807, 2.05) is 0 Å². The van der Waals surface area contributed by atoms with Crippen molar-refractivity contribution < 1.29 is 23.1 Å². The van der Waals surface area contributed by atoms with E-state index in [9.17, 15) is 18.4 Å². The number of carbonyl (C=O) groups excluding carboxylic acids is 2. The van der Waals surface area contributed by atoms with Gasteiger partial charge in [-0.1, -0.05) is 12.1 Å². The summed E-state index contributed by atoms with van der Waals surface area (Å²) in [6, 6.07) is 16.6. The molecule has 8 heteroatoms. The van der Waals surface area contributed by atoms with Crippen LogP contribution in [0.3, 0.4) is 0 Å². The van der Waals surface area contributed by atoms with Gasteiger partial charge in [0.25, 0.3) is 5.91 Å². The smallest absolute Gasteiger partial charge is 0.324 e. The van der Waals surface area contributed by atoms with E-state index < -0.39 is 11.6 Å². The van der Waals surface area contributed by atoms with E-state index in [2.05, 4.69) is 5.32 Å². The molecule has 0 bridgehead atoms. The Bertz CT molecular complexity index is 1170. The third kappa shape index (κ3) is 4.95. The second-order valence-corrected chi connectivity index (χ2v) is 7.64. The molecule has 3 aromatic rings. The van der Waals surface area contributed by atoms with Crippen molar-refractivity contribution in [1.82, 2.24) is 4.90 Å². The van der Waals surface area contributed by atoms with Crippen molar-refractivity contribution in [3.8, 4) is 5.75 Å². The normalized spacial score (nSPS) is 13.7. The monoisotopic (exact) mass is 451 g/mol. The molecule has 4 rings (SSSR count). The molecule has 0 saturated carbocycles. The lowest BCUT2D eigenvalue weighted by Gasteiger charge is -2.36. The van der Waals surface area contributed by atoms with E-state index in [0.29, 0.717) is 42.2 Å². The van der Waals surface area contributed by atoms with Gasteiger partial charge in [-0.25, -0.2) is 13.6 Å². The Balaban J connectivity index is 1.54. The van der Waals surface area contributed by atoms with Gasteiger partial charge in [0.05, 0.1) is 25.0 Å². The van der Waals surface area contributed by atoms with E-state index in [4.69, 9.17) is 4.74 Å². The number of methoxy groups -OCH3 is 1. The van der Waals surface area contributed by atoms with Crippen LogP contribution in [0.25, 0.3) is 0 Å². The van der Waals surface area contributed by atoms with Crippen LogP contribution in [0.15, 0.2) is 66.7 Å². The number of hydrogen-bond donors (Lipinski definition) is 1. The average molecular weight is 451 g/mol. The van der Waals surface area contributed by atoms with E-state index >= 15 is 0 Å². The van der Waals surface area contributed by atoms with Crippen LogP contribution in [0.2, 0.25) is 0 Å². The third-order valence-corrected chi connectivity index (χ3v) is 5.48. The quantitative estimate of drug-likeness (QED) is 0.570. The van der Waals surface area contributed by atoms with Crippen LogP contribution in [0.1, 0.15) is 22.3 Å². The summed E-state index contributed by atoms with van der Waals surface area (Å²) >= 11 is 0. The molecule has 0 radical (unpaired) electrons. The minimum atomic E-state index is -0.562. The number of carbonyl (C=O) groups is 2. The first kappa shape index (κ1) is 22.3. The van der Waals surface area contributed by atoms with Gasteiger partial charge in [-0.2, -0.15) is 0 Å². The number of halogens is 2. The third-order valence-electron chi connectivity index (χ3n) is 5.48. The SMILES string of the molecule is COc1ccc(C(=O)Nc2ccccc2N2CCCN(Cc3cc(F)ccc3F)C2=O)cc1. The van der Waals surface area contributed by atoms with Crippen LogP contribution >= 0.6 is 0 Å². The number of benzene rings is 3. The number of anilines is 2. The molecule has 6 nitrogen and oxygen atoms in total. The predicted molar refractivity (Wildman–Crippen MR) is 122 cm³/mol. The summed E-state index contributed by atoms with van der Waals surface area (Å²) in [6.07, 6.45) is 0.642. The Morgan fingerprint density at radius 3 is 2.55 bits per heavy atom. The molecular weight excluding hydrogens is 428 g/mol. The second-order valence-electron chi connectivity index (χ2n) is 7.64. The van der Waals surface area contributed by atoms with Gasteiger partial charge >= 0.3 is 6.03 Å². The zero-order valence-electron chi connectivity index (χ0n) is 18.1. The molecule has 1 fully saturated rings. The molecule has 0 unspecified atom stereocenters. The van der Waals surface area contributed by atoms with Crippen LogP contribution in [0.5, 0.6) is 5.75 Å². The molecule has 0 aliphatic carbocycles. The number of nitrogens with one attached hydrogen (secondary N) is 1. The highest BCUT2D eigenvalue weighted by atomic mass is 19.1. The Morgan fingerprint density at radius 1 is 1.03 bits per heavy atom. The summed E-state index contributed by atoms with van der Waals surface area (Å²) in [5.41, 5.74) is 1.57. The van der Waals surface area contributed by atoms with Gasteiger partial charge in [0, 0.05) is 24.2 Å². The number of nitrogens with zero attached hydrogens (tertiary/aromatic N) is 2. The minimum absolute atomic E-state index is 0.0424. The number of urea groups is 1. The molecule has 1 aliphatic rings. The van der Waals surface area contributed by atoms with Crippen LogP contribution in [0.4, 0.5) is 25.0 Å². The van der Waals surface area contributed by atoms with Crippen molar-refractivity contribution in [1.29, 1.82) is 0 Å². The Kier molecular flexibility index (Phi) is 6.53. The lowest BCUT2D eigenvalue weighted by atomic mass is 10.1. The summed E-state index contributed by atoms with van der Waals surface area (Å²) in [7, 11) is 1.55. The first-order chi connectivity index (χ1) is 16.0. The summed E-state index contributed by atoms with van der Waals surface area (Å²) in [5, 5.41) is 2.86. The molecule has 1 N–H and O–H groups in total. The first-order valence-electron chi connectivity index (χ1n) is 10.5. The highest BCUT2D eigenvalue weighted by Crippen LogP contribution is 2.30. The first-order valence-corrected chi connectivity index (χ1v) is 10.5. The molecule has 0 spiro atoms. The standard InChI is InChI=1S/C25H23F2N3O3/c1-33-20-10-7-17(8-11-20)24(31)28-22-5-2-3-6-23(22)30-14-4-13-29(25(30)32)16-18-15-19(26)9-12-21(18)27/h2-3,5-12,15H,4,13-14,16H2,1H3,(H,28,31). The van der Waals surface area contributed by atoms with E-state index in [1.165, 1.54) is 4.90 Å². The fourth-order valence-electron chi connectivity index (χ4n) is 3.77. The summed E-state index contributed by atoms with van der Waals surface area (Å²) in [4.78, 5) is 29.0. The van der Waals surface area contributed by atoms with Gasteiger partial charge in [-0.15, -0.1) is 0 Å². The Morgan fingerprint density at radius 2 is 1.79 bits per heavy atom. The van der Waals surface area contributed by atoms with Crippen LogP contribution in [-0.2, 0) is 6.54 Å². The largest absolute Gasteiger partial charge is 0.497 e. The molecule has 0 atom stereocenters. The molecule has 33 heavy (non-hydrogen) atoms. The zero-order valence-corrected chi connectivity index (χ0v) is 18.1. The fourth-order valence-corrected chi connectivity index (χ4v) is 3.77. The molecule has 3 aromatic carbocycles. The zero-order chi connectivity index (χ0) is 23.4. The van der Waals surface area contributed by atoms with Crippen molar-refractivity contribution in [2.45, 2.75) is 13.0 Å². The topological polar surface area (TPSA) is 61.9 Å². The number of amides is 3. The number of ether oxygens (including phenoxy) is 1. The summed E-state index contributed by atoms with van der Waals surface area (Å²) in [6.45, 7) is 0.821. The van der Waals surface area contributed by atoms with Crippen LogP contribution < -0.4 is 15.0 Å². The molecule has 170 valence electrons. The van der Waals surface area contributed by atoms with E-state index in [0.717, 1.165) is 18.2 Å². The van der Waals surface area contributed by atoms with E-state index in [1.54, 1.807) is 60.5 Å². The average Bonchev–Trinajstić information content (AvgIpc) is 2.83. The molecule has 1 heterocycles. The lowest BCUT2D eigenvalue weighted by molar-refractivity contribution is 0.102. The molecule has 0 aromatic heterocycles. The highest BCUT2D eigenvalue weighted by Gasteiger charge is 2.29. The van der Waals surface area contributed by atoms with Crippen molar-refractivity contribution in [2.75, 3.05) is 30.4 Å². The fraction of sp³-hybridized carbons (Fsp3) is 0.200. The second kappa shape index (κ2) is 9.68. The number of hydrogen-bond acceptors (Lipinski definition) is 3. The van der Waals surface area contributed by atoms with Crippen LogP contribution in [-0.4, -0.2) is 37.0 Å². The maximum atomic E-state index is 14.1. The van der Waals surface area contributed by atoms with Crippen molar-refractivity contribution >= 4 is 23.3 Å². The molecule has 1 aliphatic heterocycles. The molecular formula is C25H23F2N3O3. The van der Waals surface area contributed by atoms with Gasteiger partial charge in [-0.05, 0) is 61.0 Å². The highest BCUT2D eigenvalue weighted by molar-refractivity contribution is 6.07. The minimum Gasteiger partial charge on any atom is -0.497 e.